The quantitative estimate of drug-likeness (QED) is 0.663. The molecule has 0 bridgehead atoms. The summed E-state index contributed by atoms with van der Waals surface area (Å²) >= 11 is 7.31. The molecule has 0 aliphatic rings. The Morgan fingerprint density at radius 2 is 1.75 bits per heavy atom. The Labute approximate surface area is 124 Å². The smallest absolute Gasteiger partial charge is 0.257 e. The van der Waals surface area contributed by atoms with Gasteiger partial charge in [0.15, 0.2) is 11.6 Å². The summed E-state index contributed by atoms with van der Waals surface area (Å²) in [6.07, 6.45) is 1.94. The summed E-state index contributed by atoms with van der Waals surface area (Å²) in [5, 5.41) is 2.44. The summed E-state index contributed by atoms with van der Waals surface area (Å²) in [7, 11) is 0. The van der Waals surface area contributed by atoms with E-state index in [1.807, 2.05) is 18.4 Å². The monoisotopic (exact) mass is 313 g/mol. The van der Waals surface area contributed by atoms with E-state index in [2.05, 4.69) is 5.32 Å². The zero-order valence-corrected chi connectivity index (χ0v) is 12.0. The molecule has 1 amide bonds. The molecule has 0 heterocycles. The highest BCUT2D eigenvalue weighted by atomic mass is 35.5. The van der Waals surface area contributed by atoms with E-state index in [9.17, 15) is 13.6 Å². The van der Waals surface area contributed by atoms with Crippen LogP contribution >= 0.6 is 23.4 Å². The van der Waals surface area contributed by atoms with Gasteiger partial charge in [0.2, 0.25) is 0 Å². The van der Waals surface area contributed by atoms with Gasteiger partial charge in [-0.3, -0.25) is 4.79 Å². The van der Waals surface area contributed by atoms with Crippen LogP contribution in [0.2, 0.25) is 5.02 Å². The van der Waals surface area contributed by atoms with Crippen molar-refractivity contribution in [3.63, 3.8) is 0 Å². The van der Waals surface area contributed by atoms with Gasteiger partial charge in [0.25, 0.3) is 5.91 Å². The van der Waals surface area contributed by atoms with E-state index < -0.39 is 17.5 Å². The minimum absolute atomic E-state index is 0.112. The van der Waals surface area contributed by atoms with E-state index in [-0.39, 0.29) is 10.6 Å². The summed E-state index contributed by atoms with van der Waals surface area (Å²) in [5.74, 6) is -2.79. The van der Waals surface area contributed by atoms with Crippen molar-refractivity contribution < 1.29 is 13.6 Å². The van der Waals surface area contributed by atoms with Crippen LogP contribution in [0.5, 0.6) is 0 Å². The molecule has 6 heteroatoms. The van der Waals surface area contributed by atoms with E-state index in [0.717, 1.165) is 17.0 Å². The first-order chi connectivity index (χ1) is 9.51. The van der Waals surface area contributed by atoms with Gasteiger partial charge in [0.1, 0.15) is 0 Å². The Balaban J connectivity index is 2.21. The number of amides is 1. The van der Waals surface area contributed by atoms with Crippen molar-refractivity contribution in [2.24, 2.45) is 0 Å². The van der Waals surface area contributed by atoms with Gasteiger partial charge in [0.05, 0.1) is 10.6 Å². The van der Waals surface area contributed by atoms with E-state index in [1.54, 1.807) is 23.9 Å². The fourth-order valence-corrected chi connectivity index (χ4v) is 2.21. The Morgan fingerprint density at radius 3 is 2.35 bits per heavy atom. The summed E-state index contributed by atoms with van der Waals surface area (Å²) in [5.41, 5.74) is 0.438. The fourth-order valence-electron chi connectivity index (χ4n) is 1.57. The summed E-state index contributed by atoms with van der Waals surface area (Å²) in [4.78, 5) is 13.0. The molecule has 0 atom stereocenters. The maximum Gasteiger partial charge on any atom is 0.257 e. The zero-order chi connectivity index (χ0) is 14.7. The third-order valence-corrected chi connectivity index (χ3v) is 3.66. The van der Waals surface area contributed by atoms with Gasteiger partial charge in [-0.15, -0.1) is 11.8 Å². The van der Waals surface area contributed by atoms with Crippen molar-refractivity contribution in [1.29, 1.82) is 0 Å². The second-order valence-electron chi connectivity index (χ2n) is 3.93. The number of carbonyl (C=O) groups excluding carboxylic acids is 1. The highest BCUT2D eigenvalue weighted by molar-refractivity contribution is 7.98. The van der Waals surface area contributed by atoms with Crippen LogP contribution in [0.15, 0.2) is 41.3 Å². The van der Waals surface area contributed by atoms with Crippen LogP contribution < -0.4 is 5.32 Å². The first kappa shape index (κ1) is 14.8. The van der Waals surface area contributed by atoms with Crippen LogP contribution in [0.25, 0.3) is 0 Å². The molecule has 0 saturated carbocycles. The third-order valence-electron chi connectivity index (χ3n) is 2.60. The molecule has 0 spiro atoms. The minimum atomic E-state index is -1.11. The third kappa shape index (κ3) is 3.29. The molecule has 2 nitrogen and oxygen atoms in total. The second-order valence-corrected chi connectivity index (χ2v) is 5.22. The standard InChI is InChI=1S/C14H10ClF2NOS/c1-20-9-4-2-8(3-5-9)18-14(19)10-6-12(16)13(17)7-11(10)15/h2-7H,1H3,(H,18,19). The van der Waals surface area contributed by atoms with Crippen molar-refractivity contribution >= 4 is 35.0 Å². The number of hydrogen-bond acceptors (Lipinski definition) is 2. The highest BCUT2D eigenvalue weighted by Crippen LogP contribution is 2.22. The number of nitrogens with one attached hydrogen (secondary N) is 1. The topological polar surface area (TPSA) is 29.1 Å². The van der Waals surface area contributed by atoms with E-state index in [1.165, 1.54) is 0 Å². The maximum atomic E-state index is 13.1. The number of thioether (sulfide) groups is 1. The normalized spacial score (nSPS) is 10.4. The second kappa shape index (κ2) is 6.24. The molecule has 0 aromatic heterocycles. The Morgan fingerprint density at radius 1 is 1.15 bits per heavy atom. The summed E-state index contributed by atoms with van der Waals surface area (Å²) in [6, 6.07) is 8.68. The first-order valence-electron chi connectivity index (χ1n) is 5.61. The first-order valence-corrected chi connectivity index (χ1v) is 7.21. The molecule has 0 radical (unpaired) electrons. The van der Waals surface area contributed by atoms with Crippen LogP contribution in [0.4, 0.5) is 14.5 Å². The summed E-state index contributed by atoms with van der Waals surface area (Å²) < 4.78 is 26.1. The Kier molecular flexibility index (Phi) is 4.62. The molecule has 104 valence electrons. The zero-order valence-electron chi connectivity index (χ0n) is 10.4. The maximum absolute atomic E-state index is 13.1. The molecule has 0 saturated heterocycles. The van der Waals surface area contributed by atoms with Gasteiger partial charge in [0, 0.05) is 10.6 Å². The number of rotatable bonds is 3. The largest absolute Gasteiger partial charge is 0.322 e. The van der Waals surface area contributed by atoms with Crippen LogP contribution in [0, 0.1) is 11.6 Å². The van der Waals surface area contributed by atoms with Crippen molar-refractivity contribution in [1.82, 2.24) is 0 Å². The SMILES string of the molecule is CSc1ccc(NC(=O)c2cc(F)c(F)cc2Cl)cc1. The lowest BCUT2D eigenvalue weighted by molar-refractivity contribution is 0.102. The molecule has 0 aliphatic carbocycles. The molecule has 1 N–H and O–H groups in total. The average Bonchev–Trinajstić information content (AvgIpc) is 2.43. The Hall–Kier alpha value is -1.59. The van der Waals surface area contributed by atoms with Gasteiger partial charge in [-0.25, -0.2) is 8.78 Å². The van der Waals surface area contributed by atoms with Gasteiger partial charge >= 0.3 is 0 Å². The number of halogens is 3. The van der Waals surface area contributed by atoms with Crippen molar-refractivity contribution in [3.05, 3.63) is 58.6 Å². The minimum Gasteiger partial charge on any atom is -0.322 e. The average molecular weight is 314 g/mol. The van der Waals surface area contributed by atoms with Crippen molar-refractivity contribution in [3.8, 4) is 0 Å². The predicted molar refractivity (Wildman–Crippen MR) is 77.5 cm³/mol. The highest BCUT2D eigenvalue weighted by Gasteiger charge is 2.15. The van der Waals surface area contributed by atoms with Gasteiger partial charge < -0.3 is 5.32 Å². The Bertz CT molecular complexity index is 646. The lowest BCUT2D eigenvalue weighted by Gasteiger charge is -2.08. The number of carbonyl (C=O) groups is 1. The van der Waals surface area contributed by atoms with Crippen LogP contribution in [-0.4, -0.2) is 12.2 Å². The molecule has 2 aromatic carbocycles. The van der Waals surface area contributed by atoms with E-state index in [0.29, 0.717) is 5.69 Å². The van der Waals surface area contributed by atoms with Gasteiger partial charge in [-0.1, -0.05) is 11.6 Å². The molecular formula is C14H10ClF2NOS. The van der Waals surface area contributed by atoms with Crippen LogP contribution in [-0.2, 0) is 0 Å². The van der Waals surface area contributed by atoms with Crippen molar-refractivity contribution in [2.45, 2.75) is 4.90 Å². The molecule has 2 aromatic rings. The lowest BCUT2D eigenvalue weighted by atomic mass is 10.2. The molecular weight excluding hydrogens is 304 g/mol. The molecule has 0 fully saturated rings. The number of anilines is 1. The van der Waals surface area contributed by atoms with Gasteiger partial charge in [-0.2, -0.15) is 0 Å². The van der Waals surface area contributed by atoms with E-state index in [4.69, 9.17) is 11.6 Å². The molecule has 0 unspecified atom stereocenters. The number of hydrogen-bond donors (Lipinski definition) is 1. The van der Waals surface area contributed by atoms with Crippen LogP contribution in [0.3, 0.4) is 0 Å². The fraction of sp³-hybridized carbons (Fsp3) is 0.0714. The molecule has 0 aliphatic heterocycles. The molecule has 2 rings (SSSR count). The van der Waals surface area contributed by atoms with E-state index >= 15 is 0 Å². The molecule has 20 heavy (non-hydrogen) atoms. The number of benzene rings is 2. The summed E-state index contributed by atoms with van der Waals surface area (Å²) in [6.45, 7) is 0. The van der Waals surface area contributed by atoms with Gasteiger partial charge in [-0.05, 0) is 42.7 Å². The van der Waals surface area contributed by atoms with Crippen molar-refractivity contribution in [2.75, 3.05) is 11.6 Å². The lowest BCUT2D eigenvalue weighted by Crippen LogP contribution is -2.13. The van der Waals surface area contributed by atoms with Crippen LogP contribution in [0.1, 0.15) is 10.4 Å². The predicted octanol–water partition coefficient (Wildman–Crippen LogP) is 4.59.